The lowest BCUT2D eigenvalue weighted by atomic mass is 9.72. The van der Waals surface area contributed by atoms with Gasteiger partial charge in [-0.25, -0.2) is 0 Å². The van der Waals surface area contributed by atoms with Gasteiger partial charge in [-0.3, -0.25) is 4.79 Å². The van der Waals surface area contributed by atoms with E-state index < -0.39 is 0 Å². The van der Waals surface area contributed by atoms with Crippen molar-refractivity contribution in [1.82, 2.24) is 0 Å². The number of esters is 1. The summed E-state index contributed by atoms with van der Waals surface area (Å²) in [7, 11) is 0. The maximum Gasteiger partial charge on any atom is 0.312 e. The minimum Gasteiger partial charge on any atom is -0.458 e. The molecule has 0 spiro atoms. The maximum absolute atomic E-state index is 12.4. The first-order valence-corrected chi connectivity index (χ1v) is 8.11. The zero-order valence-corrected chi connectivity index (χ0v) is 13.6. The molecule has 0 amide bonds. The lowest BCUT2D eigenvalue weighted by molar-refractivity contribution is -0.185. The van der Waals surface area contributed by atoms with Gasteiger partial charge in [0.15, 0.2) is 0 Å². The van der Waals surface area contributed by atoms with E-state index in [0.29, 0.717) is 0 Å². The Hall–Kier alpha value is -0.180. The third kappa shape index (κ3) is 3.23. The molecule has 3 heteroatoms. The molecule has 2 nitrogen and oxygen atoms in total. The Bertz CT molecular complexity index is 296. The van der Waals surface area contributed by atoms with Crippen LogP contribution in [0.2, 0.25) is 0 Å². The summed E-state index contributed by atoms with van der Waals surface area (Å²) in [5.41, 5.74) is -0.641. The molecule has 0 saturated carbocycles. The average Bonchev–Trinajstić information content (AvgIpc) is 2.28. The molecule has 106 valence electrons. The highest BCUT2D eigenvalue weighted by Crippen LogP contribution is 2.45. The molecule has 0 unspecified atom stereocenters. The monoisotopic (exact) mass is 272 g/mol. The molecule has 0 N–H and O–H groups in total. The zero-order valence-electron chi connectivity index (χ0n) is 12.8. The Labute approximate surface area is 116 Å². The summed E-state index contributed by atoms with van der Waals surface area (Å²) >= 11 is 1.96. The van der Waals surface area contributed by atoms with Crippen LogP contribution in [0.15, 0.2) is 0 Å². The van der Waals surface area contributed by atoms with Crippen LogP contribution in [0.4, 0.5) is 0 Å². The summed E-state index contributed by atoms with van der Waals surface area (Å²) in [4.78, 5) is 12.4. The smallest absolute Gasteiger partial charge is 0.312 e. The van der Waals surface area contributed by atoms with Crippen LogP contribution in [-0.2, 0) is 9.53 Å². The normalized spacial score (nSPS) is 20.6. The van der Waals surface area contributed by atoms with Crippen molar-refractivity contribution in [3.05, 3.63) is 0 Å². The van der Waals surface area contributed by atoms with Crippen LogP contribution < -0.4 is 0 Å². The predicted octanol–water partition coefficient (Wildman–Crippen LogP) is 4.28. The Morgan fingerprint density at radius 2 is 1.67 bits per heavy atom. The summed E-state index contributed by atoms with van der Waals surface area (Å²) in [6, 6.07) is 0. The Morgan fingerprint density at radius 3 is 2.06 bits per heavy atom. The highest BCUT2D eigenvalue weighted by Gasteiger charge is 2.47. The molecule has 1 fully saturated rings. The summed E-state index contributed by atoms with van der Waals surface area (Å²) < 4.78 is 6.05. The SMILES string of the molecule is CCC(C)(C)C(=O)OC1(C(C)(C)C)CCSCC1. The van der Waals surface area contributed by atoms with Gasteiger partial charge in [0.1, 0.15) is 5.60 Å². The molecule has 0 aromatic heterocycles. The first-order valence-electron chi connectivity index (χ1n) is 6.96. The van der Waals surface area contributed by atoms with Crippen LogP contribution in [0, 0.1) is 10.8 Å². The Morgan fingerprint density at radius 1 is 1.17 bits per heavy atom. The summed E-state index contributed by atoms with van der Waals surface area (Å²) in [6.07, 6.45) is 2.78. The lowest BCUT2D eigenvalue weighted by Crippen LogP contribution is -2.51. The molecule has 1 aliphatic heterocycles. The standard InChI is InChI=1S/C15H28O2S/c1-7-14(5,6)12(16)17-15(13(2,3)4)8-10-18-11-9-15/h7-11H2,1-6H3. The van der Waals surface area contributed by atoms with Gasteiger partial charge < -0.3 is 4.74 Å². The average molecular weight is 272 g/mol. The number of ether oxygens (including phenoxy) is 1. The van der Waals surface area contributed by atoms with Gasteiger partial charge in [0.2, 0.25) is 0 Å². The van der Waals surface area contributed by atoms with Crippen LogP contribution in [0.1, 0.15) is 60.8 Å². The first kappa shape index (κ1) is 15.9. The third-order valence-electron chi connectivity index (χ3n) is 4.39. The number of thioether (sulfide) groups is 1. The molecule has 1 heterocycles. The number of carbonyl (C=O) groups is 1. The van der Waals surface area contributed by atoms with Crippen molar-refractivity contribution in [2.75, 3.05) is 11.5 Å². The van der Waals surface area contributed by atoms with Crippen LogP contribution in [0.3, 0.4) is 0 Å². The molecular formula is C15H28O2S. The molecular weight excluding hydrogens is 244 g/mol. The molecule has 0 radical (unpaired) electrons. The van der Waals surface area contributed by atoms with E-state index in [1.807, 2.05) is 32.5 Å². The van der Waals surface area contributed by atoms with Gasteiger partial charge >= 0.3 is 5.97 Å². The van der Waals surface area contributed by atoms with Crippen molar-refractivity contribution in [1.29, 1.82) is 0 Å². The van der Waals surface area contributed by atoms with Gasteiger partial charge in [-0.05, 0) is 44.6 Å². The van der Waals surface area contributed by atoms with Crippen LogP contribution in [-0.4, -0.2) is 23.1 Å². The fourth-order valence-corrected chi connectivity index (χ4v) is 3.32. The molecule has 0 aromatic carbocycles. The van der Waals surface area contributed by atoms with E-state index in [4.69, 9.17) is 4.74 Å². The zero-order chi connectivity index (χ0) is 14.0. The minimum atomic E-state index is -0.372. The van der Waals surface area contributed by atoms with E-state index in [0.717, 1.165) is 30.8 Å². The first-order chi connectivity index (χ1) is 8.15. The molecule has 0 atom stereocenters. The van der Waals surface area contributed by atoms with Crippen molar-refractivity contribution in [3.8, 4) is 0 Å². The van der Waals surface area contributed by atoms with E-state index >= 15 is 0 Å². The molecule has 1 aliphatic rings. The van der Waals surface area contributed by atoms with E-state index in [9.17, 15) is 4.79 Å². The second-order valence-corrected chi connectivity index (χ2v) is 8.21. The summed E-state index contributed by atoms with van der Waals surface area (Å²) in [5.74, 6) is 2.15. The quantitative estimate of drug-likeness (QED) is 0.717. The van der Waals surface area contributed by atoms with Crippen molar-refractivity contribution >= 4 is 17.7 Å². The number of carbonyl (C=O) groups excluding carboxylic acids is 1. The highest BCUT2D eigenvalue weighted by atomic mass is 32.2. The fourth-order valence-electron chi connectivity index (χ4n) is 2.17. The molecule has 18 heavy (non-hydrogen) atoms. The predicted molar refractivity (Wildman–Crippen MR) is 78.9 cm³/mol. The van der Waals surface area contributed by atoms with Crippen molar-refractivity contribution in [2.24, 2.45) is 10.8 Å². The number of hydrogen-bond acceptors (Lipinski definition) is 3. The highest BCUT2D eigenvalue weighted by molar-refractivity contribution is 7.99. The van der Waals surface area contributed by atoms with Crippen molar-refractivity contribution in [2.45, 2.75) is 66.4 Å². The minimum absolute atomic E-state index is 0.00740. The summed E-state index contributed by atoms with van der Waals surface area (Å²) in [6.45, 7) is 12.6. The Balaban J connectivity index is 2.90. The number of rotatable bonds is 3. The van der Waals surface area contributed by atoms with E-state index in [2.05, 4.69) is 20.8 Å². The topological polar surface area (TPSA) is 26.3 Å². The summed E-state index contributed by atoms with van der Waals surface area (Å²) in [5, 5.41) is 0. The molecule has 0 bridgehead atoms. The second kappa shape index (κ2) is 5.44. The van der Waals surface area contributed by atoms with Gasteiger partial charge in [-0.1, -0.05) is 27.7 Å². The van der Waals surface area contributed by atoms with Crippen molar-refractivity contribution in [3.63, 3.8) is 0 Å². The largest absolute Gasteiger partial charge is 0.458 e. The third-order valence-corrected chi connectivity index (χ3v) is 5.38. The van der Waals surface area contributed by atoms with Gasteiger partial charge in [-0.2, -0.15) is 11.8 Å². The lowest BCUT2D eigenvalue weighted by Gasteiger charge is -2.47. The second-order valence-electron chi connectivity index (χ2n) is 6.98. The molecule has 0 aromatic rings. The fraction of sp³-hybridized carbons (Fsp3) is 0.933. The maximum atomic E-state index is 12.4. The van der Waals surface area contributed by atoms with Crippen LogP contribution >= 0.6 is 11.8 Å². The molecule has 0 aliphatic carbocycles. The van der Waals surface area contributed by atoms with E-state index in [-0.39, 0.29) is 22.4 Å². The van der Waals surface area contributed by atoms with Gasteiger partial charge in [0.05, 0.1) is 5.41 Å². The van der Waals surface area contributed by atoms with E-state index in [1.165, 1.54) is 0 Å². The van der Waals surface area contributed by atoms with Crippen LogP contribution in [0.25, 0.3) is 0 Å². The molecule has 1 saturated heterocycles. The van der Waals surface area contributed by atoms with Crippen LogP contribution in [0.5, 0.6) is 0 Å². The van der Waals surface area contributed by atoms with Crippen molar-refractivity contribution < 1.29 is 9.53 Å². The molecule has 1 rings (SSSR count). The van der Waals surface area contributed by atoms with E-state index in [1.54, 1.807) is 0 Å². The van der Waals surface area contributed by atoms with Gasteiger partial charge in [-0.15, -0.1) is 0 Å². The number of hydrogen-bond donors (Lipinski definition) is 0. The Kier molecular flexibility index (Phi) is 4.80. The van der Waals surface area contributed by atoms with Gasteiger partial charge in [0, 0.05) is 5.41 Å². The van der Waals surface area contributed by atoms with Gasteiger partial charge in [0.25, 0.3) is 0 Å².